The van der Waals surface area contributed by atoms with Gasteiger partial charge in [-0.2, -0.15) is 0 Å². The van der Waals surface area contributed by atoms with Crippen molar-refractivity contribution in [3.63, 3.8) is 0 Å². The Kier molecular flexibility index (Phi) is 6.32. The van der Waals surface area contributed by atoms with Crippen molar-refractivity contribution >= 4 is 0 Å². The van der Waals surface area contributed by atoms with Crippen molar-refractivity contribution in [2.24, 2.45) is 0 Å². The average Bonchev–Trinajstić information content (AvgIpc) is 2.62. The first kappa shape index (κ1) is 17.9. The Bertz CT molecular complexity index is 682. The minimum absolute atomic E-state index is 0.0406. The van der Waals surface area contributed by atoms with Gasteiger partial charge in [-0.1, -0.05) is 13.0 Å². The van der Waals surface area contributed by atoms with Crippen molar-refractivity contribution in [3.8, 4) is 28.7 Å². The topological polar surface area (TPSA) is 68.2 Å². The molecule has 0 saturated heterocycles. The number of rotatable bonds is 8. The Hall–Kier alpha value is -2.40. The largest absolute Gasteiger partial charge is 0.502 e. The number of benzene rings is 2. The monoisotopic (exact) mass is 332 g/mol. The number of phenols is 1. The molecular weight excluding hydrogens is 308 g/mol. The lowest BCUT2D eigenvalue weighted by Crippen LogP contribution is -1.96. The zero-order chi connectivity index (χ0) is 17.5. The molecule has 0 atom stereocenters. The number of aliphatic hydroxyl groups is 1. The van der Waals surface area contributed by atoms with Gasteiger partial charge in [-0.05, 0) is 54.7 Å². The lowest BCUT2D eigenvalue weighted by atomic mass is 10.1. The van der Waals surface area contributed by atoms with E-state index in [2.05, 4.69) is 0 Å². The first-order chi connectivity index (χ1) is 11.6. The molecule has 0 unspecified atom stereocenters. The summed E-state index contributed by atoms with van der Waals surface area (Å²) in [6.07, 6.45) is 2.25. The predicted molar refractivity (Wildman–Crippen MR) is 92.5 cm³/mol. The summed E-state index contributed by atoms with van der Waals surface area (Å²) in [5.41, 5.74) is 2.05. The van der Waals surface area contributed by atoms with Gasteiger partial charge in [0, 0.05) is 6.61 Å². The van der Waals surface area contributed by atoms with Crippen molar-refractivity contribution in [3.05, 3.63) is 41.5 Å². The maximum absolute atomic E-state index is 10.3. The highest BCUT2D eigenvalue weighted by Crippen LogP contribution is 2.42. The second kappa shape index (κ2) is 8.45. The highest BCUT2D eigenvalue weighted by molar-refractivity contribution is 5.55. The van der Waals surface area contributed by atoms with Crippen LogP contribution in [0.1, 0.15) is 24.5 Å². The van der Waals surface area contributed by atoms with Gasteiger partial charge < -0.3 is 24.4 Å². The molecule has 0 aliphatic rings. The Morgan fingerprint density at radius 3 is 2.17 bits per heavy atom. The van der Waals surface area contributed by atoms with Gasteiger partial charge in [0.25, 0.3) is 0 Å². The van der Waals surface area contributed by atoms with Crippen LogP contribution in [0.15, 0.2) is 30.3 Å². The number of aliphatic hydroxyl groups excluding tert-OH is 1. The summed E-state index contributed by atoms with van der Waals surface area (Å²) in [4.78, 5) is 0. The smallest absolute Gasteiger partial charge is 0.201 e. The molecule has 5 nitrogen and oxygen atoms in total. The molecule has 24 heavy (non-hydrogen) atoms. The molecule has 0 spiro atoms. The number of phenolic OH excluding ortho intramolecular Hbond substituents is 1. The molecule has 2 aromatic carbocycles. The van der Waals surface area contributed by atoms with E-state index in [-0.39, 0.29) is 12.4 Å². The second-order valence-corrected chi connectivity index (χ2v) is 5.41. The van der Waals surface area contributed by atoms with Gasteiger partial charge in [-0.25, -0.2) is 0 Å². The van der Waals surface area contributed by atoms with Crippen molar-refractivity contribution in [2.45, 2.75) is 26.2 Å². The SMILES string of the molecule is CCc1cc(OC)c(O)c(Oc2ccc(CCCO)cc2OC)c1. The van der Waals surface area contributed by atoms with Gasteiger partial charge in [0.2, 0.25) is 5.75 Å². The molecule has 0 saturated carbocycles. The van der Waals surface area contributed by atoms with E-state index >= 15 is 0 Å². The van der Waals surface area contributed by atoms with Crippen LogP contribution in [0.2, 0.25) is 0 Å². The molecule has 0 heterocycles. The van der Waals surface area contributed by atoms with E-state index in [1.165, 1.54) is 7.11 Å². The van der Waals surface area contributed by atoms with Crippen LogP contribution in [0, 0.1) is 0 Å². The molecule has 0 radical (unpaired) electrons. The predicted octanol–water partition coefficient (Wildman–Crippen LogP) is 3.69. The standard InChI is InChI=1S/C19H24O5/c1-4-13-10-17(23-3)19(21)18(11-13)24-15-8-7-14(6-5-9-20)12-16(15)22-2/h7-8,10-12,20-21H,4-6,9H2,1-3H3. The first-order valence-electron chi connectivity index (χ1n) is 7.98. The van der Waals surface area contributed by atoms with Crippen LogP contribution in [0.4, 0.5) is 0 Å². The summed E-state index contributed by atoms with van der Waals surface area (Å²) in [5, 5.41) is 19.2. The van der Waals surface area contributed by atoms with Crippen molar-refractivity contribution < 1.29 is 24.4 Å². The van der Waals surface area contributed by atoms with E-state index < -0.39 is 0 Å². The van der Waals surface area contributed by atoms with E-state index in [1.807, 2.05) is 19.1 Å². The van der Waals surface area contributed by atoms with E-state index in [0.29, 0.717) is 29.4 Å². The minimum atomic E-state index is -0.0406. The molecule has 2 N–H and O–H groups in total. The summed E-state index contributed by atoms with van der Waals surface area (Å²) in [5.74, 6) is 1.75. The molecule has 0 amide bonds. The van der Waals surface area contributed by atoms with Crippen LogP contribution in [0.25, 0.3) is 0 Å². The zero-order valence-corrected chi connectivity index (χ0v) is 14.3. The maximum Gasteiger partial charge on any atom is 0.201 e. The molecule has 0 aromatic heterocycles. The van der Waals surface area contributed by atoms with Crippen molar-refractivity contribution in [2.75, 3.05) is 20.8 Å². The number of ether oxygens (including phenoxy) is 3. The molecule has 2 rings (SSSR count). The average molecular weight is 332 g/mol. The number of aryl methyl sites for hydroxylation is 2. The van der Waals surface area contributed by atoms with Crippen LogP contribution in [-0.4, -0.2) is 31.0 Å². The quantitative estimate of drug-likeness (QED) is 0.772. The van der Waals surface area contributed by atoms with Gasteiger partial charge in [0.05, 0.1) is 14.2 Å². The number of hydrogen-bond acceptors (Lipinski definition) is 5. The fraction of sp³-hybridized carbons (Fsp3) is 0.368. The van der Waals surface area contributed by atoms with Gasteiger partial charge in [-0.15, -0.1) is 0 Å². The lowest BCUT2D eigenvalue weighted by Gasteiger charge is -2.15. The number of aromatic hydroxyl groups is 1. The fourth-order valence-electron chi connectivity index (χ4n) is 2.43. The Balaban J connectivity index is 2.33. The van der Waals surface area contributed by atoms with Crippen molar-refractivity contribution in [1.82, 2.24) is 0 Å². The summed E-state index contributed by atoms with van der Waals surface area (Å²) in [7, 11) is 3.08. The van der Waals surface area contributed by atoms with Crippen LogP contribution in [0.5, 0.6) is 28.7 Å². The summed E-state index contributed by atoms with van der Waals surface area (Å²) in [6.45, 7) is 2.17. The maximum atomic E-state index is 10.3. The van der Waals surface area contributed by atoms with E-state index in [4.69, 9.17) is 19.3 Å². The Morgan fingerprint density at radius 2 is 1.54 bits per heavy atom. The molecule has 5 heteroatoms. The van der Waals surface area contributed by atoms with Crippen LogP contribution >= 0.6 is 0 Å². The van der Waals surface area contributed by atoms with Gasteiger partial charge >= 0.3 is 0 Å². The third kappa shape index (κ3) is 4.11. The number of methoxy groups -OCH3 is 2. The van der Waals surface area contributed by atoms with E-state index in [1.54, 1.807) is 25.3 Å². The normalized spacial score (nSPS) is 10.5. The van der Waals surface area contributed by atoms with Gasteiger partial charge in [0.15, 0.2) is 23.0 Å². The lowest BCUT2D eigenvalue weighted by molar-refractivity contribution is 0.288. The summed E-state index contributed by atoms with van der Waals surface area (Å²) in [6, 6.07) is 9.18. The Morgan fingerprint density at radius 1 is 0.875 bits per heavy atom. The van der Waals surface area contributed by atoms with Crippen LogP contribution < -0.4 is 14.2 Å². The molecule has 0 aliphatic heterocycles. The third-order valence-electron chi connectivity index (χ3n) is 3.80. The number of hydrogen-bond donors (Lipinski definition) is 2. The van der Waals surface area contributed by atoms with Gasteiger partial charge in [0.1, 0.15) is 0 Å². The second-order valence-electron chi connectivity index (χ2n) is 5.41. The zero-order valence-electron chi connectivity index (χ0n) is 14.3. The molecule has 0 bridgehead atoms. The molecule has 0 fully saturated rings. The minimum Gasteiger partial charge on any atom is -0.502 e. The molecule has 130 valence electrons. The fourth-order valence-corrected chi connectivity index (χ4v) is 2.43. The third-order valence-corrected chi connectivity index (χ3v) is 3.80. The van der Waals surface area contributed by atoms with Gasteiger partial charge in [-0.3, -0.25) is 0 Å². The van der Waals surface area contributed by atoms with E-state index in [9.17, 15) is 5.11 Å². The van der Waals surface area contributed by atoms with Crippen LogP contribution in [-0.2, 0) is 12.8 Å². The van der Waals surface area contributed by atoms with Crippen LogP contribution in [0.3, 0.4) is 0 Å². The molecule has 2 aromatic rings. The highest BCUT2D eigenvalue weighted by Gasteiger charge is 2.15. The summed E-state index contributed by atoms with van der Waals surface area (Å²) >= 11 is 0. The first-order valence-corrected chi connectivity index (χ1v) is 7.98. The summed E-state index contributed by atoms with van der Waals surface area (Å²) < 4.78 is 16.5. The molecule has 0 aliphatic carbocycles. The van der Waals surface area contributed by atoms with E-state index in [0.717, 1.165) is 24.0 Å². The highest BCUT2D eigenvalue weighted by atomic mass is 16.5. The van der Waals surface area contributed by atoms with Crippen molar-refractivity contribution in [1.29, 1.82) is 0 Å². The molecular formula is C19H24O5. The Labute approximate surface area is 142 Å².